The molecule has 0 amide bonds. The lowest BCUT2D eigenvalue weighted by molar-refractivity contribution is 1.32. The summed E-state index contributed by atoms with van der Waals surface area (Å²) in [5.74, 6) is 0. The van der Waals surface area contributed by atoms with Crippen LogP contribution >= 0.6 is 0 Å². The first-order valence-electron chi connectivity index (χ1n) is 8.11. The summed E-state index contributed by atoms with van der Waals surface area (Å²) in [4.78, 5) is 4.56. The first kappa shape index (κ1) is 15.9. The van der Waals surface area contributed by atoms with Crippen LogP contribution < -0.4 is 0 Å². The van der Waals surface area contributed by atoms with Crippen molar-refractivity contribution < 1.29 is 0 Å². The first-order chi connectivity index (χ1) is 11.6. The molecule has 2 aromatic rings. The second kappa shape index (κ2) is 7.10. The Hall–Kier alpha value is -2.93. The van der Waals surface area contributed by atoms with Crippen molar-refractivity contribution in [2.24, 2.45) is 4.99 Å². The molecule has 118 valence electrons. The van der Waals surface area contributed by atoms with Crippen LogP contribution in [0.15, 0.2) is 102 Å². The molecule has 1 nitrogen and oxygen atoms in total. The van der Waals surface area contributed by atoms with Crippen LogP contribution in [0.25, 0.3) is 16.7 Å². The van der Waals surface area contributed by atoms with E-state index < -0.39 is 0 Å². The Morgan fingerprint density at radius 2 is 1.42 bits per heavy atom. The highest BCUT2D eigenvalue weighted by molar-refractivity contribution is 6.16. The highest BCUT2D eigenvalue weighted by atomic mass is 14.7. The highest BCUT2D eigenvalue weighted by Gasteiger charge is 2.10. The van der Waals surface area contributed by atoms with Crippen molar-refractivity contribution in [3.63, 3.8) is 0 Å². The Morgan fingerprint density at radius 1 is 0.792 bits per heavy atom. The lowest BCUT2D eigenvalue weighted by Crippen LogP contribution is -2.03. The maximum Gasteiger partial charge on any atom is 0.0707 e. The lowest BCUT2D eigenvalue weighted by Gasteiger charge is -2.13. The second-order valence-corrected chi connectivity index (χ2v) is 5.93. The van der Waals surface area contributed by atoms with E-state index in [1.807, 2.05) is 25.1 Å². The average Bonchev–Trinajstić information content (AvgIpc) is 2.62. The summed E-state index contributed by atoms with van der Waals surface area (Å²) in [7, 11) is 0. The molecule has 0 aromatic heterocycles. The minimum Gasteiger partial charge on any atom is -0.254 e. The third-order valence-corrected chi connectivity index (χ3v) is 4.04. The Balaban J connectivity index is 1.97. The molecule has 0 heterocycles. The van der Waals surface area contributed by atoms with Crippen LogP contribution in [-0.2, 0) is 0 Å². The van der Waals surface area contributed by atoms with Gasteiger partial charge in [0.25, 0.3) is 0 Å². The summed E-state index contributed by atoms with van der Waals surface area (Å²) >= 11 is 0. The first-order valence-corrected chi connectivity index (χ1v) is 8.11. The van der Waals surface area contributed by atoms with Crippen molar-refractivity contribution in [3.05, 3.63) is 102 Å². The van der Waals surface area contributed by atoms with E-state index in [4.69, 9.17) is 0 Å². The van der Waals surface area contributed by atoms with Gasteiger partial charge in [0, 0.05) is 11.3 Å². The van der Waals surface area contributed by atoms with E-state index in [9.17, 15) is 0 Å². The monoisotopic (exact) mass is 311 g/mol. The third-order valence-electron chi connectivity index (χ3n) is 4.04. The van der Waals surface area contributed by atoms with Crippen LogP contribution in [0.5, 0.6) is 0 Å². The van der Waals surface area contributed by atoms with Gasteiger partial charge in [-0.1, -0.05) is 79.4 Å². The number of nitrogens with zero attached hydrogens (tertiary/aromatic N) is 1. The topological polar surface area (TPSA) is 12.4 Å². The van der Waals surface area contributed by atoms with Crippen LogP contribution in [0.3, 0.4) is 0 Å². The fourth-order valence-electron chi connectivity index (χ4n) is 2.79. The average molecular weight is 311 g/mol. The standard InChI is InChI=1S/C23H21N/c1-17(2)24-23-12-8-7-11-22(23)18(3)19-13-15-21(16-14-19)20-9-5-4-6-10-20/h4-16H,1H2,2-3H3/b22-18+,24-23?. The lowest BCUT2D eigenvalue weighted by atomic mass is 9.94. The van der Waals surface area contributed by atoms with Crippen LogP contribution in [-0.4, -0.2) is 5.71 Å². The third kappa shape index (κ3) is 3.52. The van der Waals surface area contributed by atoms with Gasteiger partial charge in [-0.3, -0.25) is 4.99 Å². The van der Waals surface area contributed by atoms with Gasteiger partial charge in [-0.25, -0.2) is 0 Å². The van der Waals surface area contributed by atoms with Crippen molar-refractivity contribution in [3.8, 4) is 11.1 Å². The Bertz CT molecular complexity index is 860. The predicted octanol–water partition coefficient (Wildman–Crippen LogP) is 6.23. The molecular weight excluding hydrogens is 290 g/mol. The van der Waals surface area contributed by atoms with Crippen LogP contribution in [0, 0.1) is 0 Å². The number of hydrogen-bond donors (Lipinski definition) is 0. The molecule has 0 spiro atoms. The van der Waals surface area contributed by atoms with Gasteiger partial charge >= 0.3 is 0 Å². The molecule has 0 bridgehead atoms. The summed E-state index contributed by atoms with van der Waals surface area (Å²) < 4.78 is 0. The Labute approximate surface area is 144 Å². The van der Waals surface area contributed by atoms with Crippen LogP contribution in [0.4, 0.5) is 0 Å². The molecule has 3 rings (SSSR count). The van der Waals surface area contributed by atoms with Crippen molar-refractivity contribution in [2.75, 3.05) is 0 Å². The summed E-state index contributed by atoms with van der Waals surface area (Å²) in [6.07, 6.45) is 8.21. The molecule has 0 N–H and O–H groups in total. The fourth-order valence-corrected chi connectivity index (χ4v) is 2.79. The van der Waals surface area contributed by atoms with Crippen LogP contribution in [0.1, 0.15) is 19.4 Å². The zero-order chi connectivity index (χ0) is 16.9. The summed E-state index contributed by atoms with van der Waals surface area (Å²) in [6.45, 7) is 7.95. The smallest absolute Gasteiger partial charge is 0.0707 e. The zero-order valence-electron chi connectivity index (χ0n) is 14.2. The van der Waals surface area contributed by atoms with Crippen molar-refractivity contribution >= 4 is 11.3 Å². The van der Waals surface area contributed by atoms with Gasteiger partial charge in [-0.05, 0) is 42.2 Å². The predicted molar refractivity (Wildman–Crippen MR) is 105 cm³/mol. The molecule has 1 aliphatic carbocycles. The maximum absolute atomic E-state index is 4.56. The number of benzene rings is 2. The molecule has 0 unspecified atom stereocenters. The molecule has 0 atom stereocenters. The zero-order valence-corrected chi connectivity index (χ0v) is 14.2. The van der Waals surface area contributed by atoms with Crippen molar-refractivity contribution in [1.82, 2.24) is 0 Å². The van der Waals surface area contributed by atoms with E-state index in [-0.39, 0.29) is 0 Å². The Morgan fingerprint density at radius 3 is 2.08 bits per heavy atom. The van der Waals surface area contributed by atoms with Gasteiger partial charge in [0.1, 0.15) is 0 Å². The van der Waals surface area contributed by atoms with Crippen LogP contribution in [0.2, 0.25) is 0 Å². The molecule has 0 aliphatic heterocycles. The van der Waals surface area contributed by atoms with Gasteiger partial charge in [0.05, 0.1) is 5.71 Å². The number of aliphatic imine (C=N–C) groups is 1. The van der Waals surface area contributed by atoms with Gasteiger partial charge in [0.15, 0.2) is 0 Å². The molecule has 24 heavy (non-hydrogen) atoms. The molecule has 0 saturated heterocycles. The van der Waals surface area contributed by atoms with E-state index in [2.05, 4.69) is 79.2 Å². The quantitative estimate of drug-likeness (QED) is 0.637. The molecule has 2 aromatic carbocycles. The SMILES string of the molecule is C=C(C)N=C1C=CC=C/C1=C(/C)c1ccc(-c2ccccc2)cc1. The number of rotatable bonds is 3. The van der Waals surface area contributed by atoms with E-state index in [1.54, 1.807) is 0 Å². The molecule has 0 saturated carbocycles. The molecule has 0 radical (unpaired) electrons. The number of allylic oxidation sites excluding steroid dienone is 7. The van der Waals surface area contributed by atoms with Gasteiger partial charge in [-0.15, -0.1) is 0 Å². The summed E-state index contributed by atoms with van der Waals surface area (Å²) in [6, 6.07) is 19.1. The minimum absolute atomic E-state index is 0.815. The summed E-state index contributed by atoms with van der Waals surface area (Å²) in [5.41, 5.74) is 7.82. The normalized spacial score (nSPS) is 17.2. The summed E-state index contributed by atoms with van der Waals surface area (Å²) in [5, 5.41) is 0. The minimum atomic E-state index is 0.815. The van der Waals surface area contributed by atoms with Gasteiger partial charge in [0.2, 0.25) is 0 Å². The second-order valence-electron chi connectivity index (χ2n) is 5.93. The highest BCUT2D eigenvalue weighted by Crippen LogP contribution is 2.26. The Kier molecular flexibility index (Phi) is 4.72. The molecule has 1 aliphatic rings. The molecule has 1 heteroatoms. The maximum atomic E-state index is 4.56. The van der Waals surface area contributed by atoms with E-state index in [0.717, 1.165) is 17.0 Å². The van der Waals surface area contributed by atoms with Crippen molar-refractivity contribution in [1.29, 1.82) is 0 Å². The molecular formula is C23H21N. The van der Waals surface area contributed by atoms with E-state index in [1.165, 1.54) is 22.3 Å². The fraction of sp³-hybridized carbons (Fsp3) is 0.0870. The van der Waals surface area contributed by atoms with Gasteiger partial charge < -0.3 is 0 Å². The van der Waals surface area contributed by atoms with E-state index in [0.29, 0.717) is 0 Å². The number of hydrogen-bond acceptors (Lipinski definition) is 1. The molecule has 0 fully saturated rings. The largest absolute Gasteiger partial charge is 0.254 e. The van der Waals surface area contributed by atoms with Gasteiger partial charge in [-0.2, -0.15) is 0 Å². The van der Waals surface area contributed by atoms with E-state index >= 15 is 0 Å². The van der Waals surface area contributed by atoms with Crippen molar-refractivity contribution in [2.45, 2.75) is 13.8 Å².